The number of rotatable bonds is 3. The van der Waals surface area contributed by atoms with Crippen LogP contribution in [0, 0.1) is 0 Å². The van der Waals surface area contributed by atoms with Gasteiger partial charge in [-0.3, -0.25) is 0 Å². The summed E-state index contributed by atoms with van der Waals surface area (Å²) in [5.74, 6) is 0. The molecule has 0 aliphatic carbocycles. The zero-order valence-electron chi connectivity index (χ0n) is 6.74. The van der Waals surface area contributed by atoms with Gasteiger partial charge in [0.25, 0.3) is 0 Å². The first-order valence-corrected chi connectivity index (χ1v) is 5.07. The van der Waals surface area contributed by atoms with Crippen molar-refractivity contribution >= 4 is 9.84 Å². The number of hydrogen-bond acceptors (Lipinski definition) is 2. The average molecular weight is 172 g/mol. The predicted octanol–water partition coefficient (Wildman–Crippen LogP) is 1.68. The first kappa shape index (κ1) is 10.2. The Morgan fingerprint density at radius 2 is 2.00 bits per heavy atom. The van der Waals surface area contributed by atoms with Crippen LogP contribution in [0.3, 0.4) is 0 Å². The van der Waals surface area contributed by atoms with Crippen LogP contribution < -0.4 is 0 Å². The second-order valence-corrected chi connectivity index (χ2v) is 4.09. The Bertz CT molecular complexity index is 281. The molecule has 0 fully saturated rings. The third kappa shape index (κ3) is 3.78. The van der Waals surface area contributed by atoms with Crippen molar-refractivity contribution in [2.75, 3.05) is 6.26 Å². The smallest absolute Gasteiger partial charge is 0.175 e. The lowest BCUT2D eigenvalue weighted by molar-refractivity contribution is 0.608. The van der Waals surface area contributed by atoms with Gasteiger partial charge in [0.2, 0.25) is 0 Å². The molecule has 0 atom stereocenters. The maximum Gasteiger partial charge on any atom is 0.175 e. The van der Waals surface area contributed by atoms with Gasteiger partial charge in [0, 0.05) is 6.26 Å². The summed E-state index contributed by atoms with van der Waals surface area (Å²) >= 11 is 0. The number of allylic oxidation sites excluding steroid dienone is 4. The molecule has 0 saturated carbocycles. The molecule has 0 rings (SSSR count). The standard InChI is InChI=1S/C8H12O2S/c1-4-6-7-8(5-2)11(3,9)10/h4-7H,2H2,1,3H3/b6-4+,8-7+. The molecule has 0 radical (unpaired) electrons. The highest BCUT2D eigenvalue weighted by molar-refractivity contribution is 7.94. The Labute approximate surface area is 67.9 Å². The van der Waals surface area contributed by atoms with Crippen LogP contribution in [-0.4, -0.2) is 14.7 Å². The quantitative estimate of drug-likeness (QED) is 0.607. The summed E-state index contributed by atoms with van der Waals surface area (Å²) in [5.41, 5.74) is 0. The minimum absolute atomic E-state index is 0.246. The molecule has 0 aromatic heterocycles. The molecule has 0 heterocycles. The van der Waals surface area contributed by atoms with Crippen LogP contribution in [0.5, 0.6) is 0 Å². The van der Waals surface area contributed by atoms with Crippen molar-refractivity contribution in [3.63, 3.8) is 0 Å². The molecule has 0 bridgehead atoms. The molecule has 0 spiro atoms. The van der Waals surface area contributed by atoms with Gasteiger partial charge in [-0.25, -0.2) is 8.42 Å². The highest BCUT2D eigenvalue weighted by Gasteiger charge is 2.04. The van der Waals surface area contributed by atoms with Gasteiger partial charge < -0.3 is 0 Å². The lowest BCUT2D eigenvalue weighted by Crippen LogP contribution is -1.97. The lowest BCUT2D eigenvalue weighted by atomic mass is 10.4. The van der Waals surface area contributed by atoms with E-state index in [1.165, 1.54) is 12.2 Å². The van der Waals surface area contributed by atoms with E-state index in [-0.39, 0.29) is 4.91 Å². The van der Waals surface area contributed by atoms with Crippen LogP contribution in [-0.2, 0) is 9.84 Å². The monoisotopic (exact) mass is 172 g/mol. The Hall–Kier alpha value is -0.830. The zero-order chi connectivity index (χ0) is 8.91. The van der Waals surface area contributed by atoms with Gasteiger partial charge in [-0.05, 0) is 13.0 Å². The van der Waals surface area contributed by atoms with Gasteiger partial charge in [-0.2, -0.15) is 0 Å². The molecule has 0 saturated heterocycles. The summed E-state index contributed by atoms with van der Waals surface area (Å²) in [5, 5.41) is 0. The SMILES string of the molecule is C=C/C(=C\C=C\C)S(C)(=O)=O. The molecular formula is C8H12O2S. The normalized spacial score (nSPS) is 13.8. The van der Waals surface area contributed by atoms with Crippen molar-refractivity contribution in [1.82, 2.24) is 0 Å². The van der Waals surface area contributed by atoms with E-state index in [0.29, 0.717) is 0 Å². The Morgan fingerprint density at radius 1 is 1.45 bits per heavy atom. The van der Waals surface area contributed by atoms with Crippen molar-refractivity contribution in [2.45, 2.75) is 6.92 Å². The molecule has 2 nitrogen and oxygen atoms in total. The number of hydrogen-bond donors (Lipinski definition) is 0. The molecule has 0 unspecified atom stereocenters. The highest BCUT2D eigenvalue weighted by Crippen LogP contribution is 2.04. The van der Waals surface area contributed by atoms with Crippen LogP contribution >= 0.6 is 0 Å². The Balaban J connectivity index is 4.84. The molecule has 62 valence electrons. The minimum Gasteiger partial charge on any atom is -0.224 e. The largest absolute Gasteiger partial charge is 0.224 e. The van der Waals surface area contributed by atoms with Crippen LogP contribution in [0.2, 0.25) is 0 Å². The summed E-state index contributed by atoms with van der Waals surface area (Å²) in [6.45, 7) is 5.22. The summed E-state index contributed by atoms with van der Waals surface area (Å²) in [4.78, 5) is 0.246. The second-order valence-electron chi connectivity index (χ2n) is 2.07. The van der Waals surface area contributed by atoms with E-state index in [4.69, 9.17) is 0 Å². The van der Waals surface area contributed by atoms with Crippen LogP contribution in [0.1, 0.15) is 6.92 Å². The van der Waals surface area contributed by atoms with Crippen LogP contribution in [0.15, 0.2) is 35.8 Å². The first-order valence-electron chi connectivity index (χ1n) is 3.18. The van der Waals surface area contributed by atoms with Gasteiger partial charge >= 0.3 is 0 Å². The average Bonchev–Trinajstić information content (AvgIpc) is 1.87. The van der Waals surface area contributed by atoms with E-state index in [1.807, 2.05) is 6.92 Å². The van der Waals surface area contributed by atoms with E-state index >= 15 is 0 Å². The summed E-state index contributed by atoms with van der Waals surface area (Å²) in [6.07, 6.45) is 7.43. The first-order chi connectivity index (χ1) is 5.02. The topological polar surface area (TPSA) is 34.1 Å². The van der Waals surface area contributed by atoms with Crippen LogP contribution in [0.4, 0.5) is 0 Å². The van der Waals surface area contributed by atoms with E-state index in [2.05, 4.69) is 6.58 Å². The van der Waals surface area contributed by atoms with Crippen molar-refractivity contribution in [3.8, 4) is 0 Å². The third-order valence-electron chi connectivity index (χ3n) is 1.08. The molecule has 0 aliphatic heterocycles. The summed E-state index contributed by atoms with van der Waals surface area (Å²) in [6, 6.07) is 0. The maximum absolute atomic E-state index is 10.9. The van der Waals surface area contributed by atoms with E-state index < -0.39 is 9.84 Å². The fourth-order valence-electron chi connectivity index (χ4n) is 0.534. The fourth-order valence-corrected chi connectivity index (χ4v) is 1.16. The number of sulfone groups is 1. The van der Waals surface area contributed by atoms with Crippen molar-refractivity contribution in [1.29, 1.82) is 0 Å². The third-order valence-corrected chi connectivity index (χ3v) is 2.24. The molecule has 0 aliphatic rings. The van der Waals surface area contributed by atoms with E-state index in [0.717, 1.165) is 6.26 Å². The van der Waals surface area contributed by atoms with Gasteiger partial charge in [0.1, 0.15) is 0 Å². The van der Waals surface area contributed by atoms with Gasteiger partial charge in [-0.15, -0.1) is 0 Å². The predicted molar refractivity (Wildman–Crippen MR) is 47.9 cm³/mol. The molecular weight excluding hydrogens is 160 g/mol. The van der Waals surface area contributed by atoms with Crippen molar-refractivity contribution in [2.24, 2.45) is 0 Å². The van der Waals surface area contributed by atoms with Crippen molar-refractivity contribution < 1.29 is 8.42 Å². The maximum atomic E-state index is 10.9. The molecule has 3 heteroatoms. The van der Waals surface area contributed by atoms with E-state index in [9.17, 15) is 8.42 Å². The Kier molecular flexibility index (Phi) is 3.82. The van der Waals surface area contributed by atoms with Gasteiger partial charge in [0.15, 0.2) is 9.84 Å². The van der Waals surface area contributed by atoms with E-state index in [1.54, 1.807) is 12.2 Å². The summed E-state index contributed by atoms with van der Waals surface area (Å²) < 4.78 is 21.8. The van der Waals surface area contributed by atoms with Gasteiger partial charge in [-0.1, -0.05) is 24.8 Å². The molecule has 0 aromatic rings. The summed E-state index contributed by atoms with van der Waals surface area (Å²) in [7, 11) is -3.10. The van der Waals surface area contributed by atoms with Crippen molar-refractivity contribution in [3.05, 3.63) is 35.8 Å². The lowest BCUT2D eigenvalue weighted by Gasteiger charge is -1.94. The second kappa shape index (κ2) is 4.13. The molecule has 0 amide bonds. The highest BCUT2D eigenvalue weighted by atomic mass is 32.2. The molecule has 0 aromatic carbocycles. The molecule has 0 N–H and O–H groups in total. The van der Waals surface area contributed by atoms with Crippen LogP contribution in [0.25, 0.3) is 0 Å². The zero-order valence-corrected chi connectivity index (χ0v) is 7.56. The fraction of sp³-hybridized carbons (Fsp3) is 0.250. The Morgan fingerprint density at radius 3 is 2.27 bits per heavy atom. The minimum atomic E-state index is -3.10. The van der Waals surface area contributed by atoms with Gasteiger partial charge in [0.05, 0.1) is 4.91 Å². The molecule has 11 heavy (non-hydrogen) atoms.